The van der Waals surface area contributed by atoms with Crippen molar-refractivity contribution in [2.24, 2.45) is 0 Å². The number of alkyl halides is 1. The molecule has 1 aromatic carbocycles. The van der Waals surface area contributed by atoms with Crippen molar-refractivity contribution < 1.29 is 35.7 Å². The predicted molar refractivity (Wildman–Crippen MR) is 167 cm³/mol. The molecular weight excluding hydrogens is 587 g/mol. The maximum Gasteiger partial charge on any atom is 0.330 e. The van der Waals surface area contributed by atoms with Crippen molar-refractivity contribution >= 4 is 29.3 Å². The van der Waals surface area contributed by atoms with Crippen molar-refractivity contribution in [2.75, 3.05) is 32.7 Å². The number of ether oxygens (including phenoxy) is 2. The fraction of sp³-hybridized carbons (Fsp3) is 0.733. The summed E-state index contributed by atoms with van der Waals surface area (Å²) < 4.78 is 64.2. The van der Waals surface area contributed by atoms with Gasteiger partial charge in [-0.1, -0.05) is 95.4 Å². The molecule has 238 valence electrons. The summed E-state index contributed by atoms with van der Waals surface area (Å²) in [6.45, 7) is 2.46. The van der Waals surface area contributed by atoms with Gasteiger partial charge in [0.15, 0.2) is 0 Å². The first-order chi connectivity index (χ1) is 19.7. The molecule has 1 aromatic rings. The number of allylic oxidation sites excluding steroid dienone is 1. The van der Waals surface area contributed by atoms with Crippen LogP contribution in [0, 0.1) is 0 Å². The maximum atomic E-state index is 12.7. The molecule has 0 aliphatic heterocycles. The van der Waals surface area contributed by atoms with Gasteiger partial charge in [0.25, 0.3) is 10.1 Å². The Hall–Kier alpha value is -0.930. The third-order valence-electron chi connectivity index (χ3n) is 6.92. The molecule has 0 saturated heterocycles. The van der Waals surface area contributed by atoms with E-state index >= 15 is 0 Å². The lowest BCUT2D eigenvalue weighted by Crippen LogP contribution is -2.33. The van der Waals surface area contributed by atoms with Crippen molar-refractivity contribution in [2.45, 2.75) is 109 Å². The second kappa shape index (κ2) is 22.6. The third kappa shape index (κ3) is 17.7. The fourth-order valence-corrected chi connectivity index (χ4v) is 6.25. The number of halogens is 1. The smallest absolute Gasteiger partial charge is 0.330 e. The summed E-state index contributed by atoms with van der Waals surface area (Å²) in [7, 11) is -3.24. The molecule has 0 N–H and O–H groups in total. The van der Waals surface area contributed by atoms with Crippen LogP contribution in [0.1, 0.15) is 96.0 Å². The Morgan fingerprint density at radius 1 is 0.878 bits per heavy atom. The lowest BCUT2D eigenvalue weighted by Gasteiger charge is -2.26. The third-order valence-corrected chi connectivity index (χ3v) is 10.4. The van der Waals surface area contributed by atoms with Crippen molar-refractivity contribution in [1.29, 1.82) is 0 Å². The van der Waals surface area contributed by atoms with Gasteiger partial charge in [-0.2, -0.15) is 8.42 Å². The van der Waals surface area contributed by atoms with E-state index in [0.717, 1.165) is 30.6 Å². The van der Waals surface area contributed by atoms with Crippen LogP contribution in [0.2, 0.25) is 0 Å². The molecular formula is C30H52ClO8PS. The Balaban J connectivity index is 2.79. The van der Waals surface area contributed by atoms with Crippen molar-refractivity contribution in [3.8, 4) is 5.75 Å². The summed E-state index contributed by atoms with van der Waals surface area (Å²) in [6.07, 6.45) is 16.9. The molecule has 0 spiro atoms. The first-order valence-corrected chi connectivity index (χ1v) is 18.6. The Morgan fingerprint density at radius 2 is 1.44 bits per heavy atom. The Kier molecular flexibility index (Phi) is 21.0. The van der Waals surface area contributed by atoms with Crippen LogP contribution in [0.5, 0.6) is 5.75 Å². The first-order valence-electron chi connectivity index (χ1n) is 14.8. The second-order valence-electron chi connectivity index (χ2n) is 10.2. The van der Waals surface area contributed by atoms with Crippen LogP contribution in [-0.2, 0) is 39.3 Å². The van der Waals surface area contributed by atoms with Crippen LogP contribution in [0.25, 0.3) is 0 Å². The highest BCUT2D eigenvalue weighted by molar-refractivity contribution is 7.87. The van der Waals surface area contributed by atoms with Gasteiger partial charge in [-0.15, -0.1) is 11.6 Å². The molecule has 0 fully saturated rings. The van der Waals surface area contributed by atoms with E-state index in [1.54, 1.807) is 7.11 Å². The van der Waals surface area contributed by atoms with Gasteiger partial charge in [-0.3, -0.25) is 8.75 Å². The molecule has 11 heteroatoms. The Morgan fingerprint density at radius 3 is 1.95 bits per heavy atom. The van der Waals surface area contributed by atoms with Crippen molar-refractivity contribution in [3.63, 3.8) is 0 Å². The number of hydrogen-bond acceptors (Lipinski definition) is 8. The number of unbranched alkanes of at least 4 members (excludes halogenated alkanes) is 11. The molecule has 0 aromatic heterocycles. The summed E-state index contributed by atoms with van der Waals surface area (Å²) in [5.41, 5.74) is 0.882. The molecule has 0 bridgehead atoms. The molecule has 0 radical (unpaired) electrons. The van der Waals surface area contributed by atoms with Crippen molar-refractivity contribution in [3.05, 3.63) is 42.0 Å². The van der Waals surface area contributed by atoms with E-state index in [-0.39, 0.29) is 19.2 Å². The second-order valence-corrected chi connectivity index (χ2v) is 14.7. The largest absolute Gasteiger partial charge is 0.497 e. The summed E-state index contributed by atoms with van der Waals surface area (Å²) in [4.78, 5) is 0. The fourth-order valence-electron chi connectivity index (χ4n) is 4.38. The van der Waals surface area contributed by atoms with E-state index in [9.17, 15) is 13.0 Å². The van der Waals surface area contributed by atoms with Crippen molar-refractivity contribution in [1.82, 2.24) is 0 Å². The lowest BCUT2D eigenvalue weighted by molar-refractivity contribution is -0.00563. The minimum atomic E-state index is -4.03. The van der Waals surface area contributed by atoms with Crippen LogP contribution < -0.4 is 4.74 Å². The van der Waals surface area contributed by atoms with Gasteiger partial charge in [0.1, 0.15) is 23.2 Å². The minimum Gasteiger partial charge on any atom is -0.497 e. The molecule has 2 atom stereocenters. The predicted octanol–water partition coefficient (Wildman–Crippen LogP) is 8.63. The van der Waals surface area contributed by atoms with E-state index in [4.69, 9.17) is 34.3 Å². The number of hydrogen-bond donors (Lipinski definition) is 0. The molecule has 0 heterocycles. The van der Waals surface area contributed by atoms with Crippen LogP contribution in [0.3, 0.4) is 0 Å². The lowest BCUT2D eigenvalue weighted by atomic mass is 10.0. The summed E-state index contributed by atoms with van der Waals surface area (Å²) in [5.74, 6) is 0.724. The van der Waals surface area contributed by atoms with Gasteiger partial charge in [0, 0.05) is 14.2 Å². The van der Waals surface area contributed by atoms with Crippen LogP contribution in [-0.4, -0.2) is 53.3 Å². The topological polar surface area (TPSA) is 97.4 Å². The minimum absolute atomic E-state index is 0.0443. The van der Waals surface area contributed by atoms with Gasteiger partial charge < -0.3 is 18.5 Å². The van der Waals surface area contributed by atoms with E-state index < -0.39 is 35.1 Å². The molecule has 1 rings (SSSR count). The van der Waals surface area contributed by atoms with E-state index in [0.29, 0.717) is 0 Å². The SMILES string of the molecule is CCCCCCCCCCCCC/C=C/[C@@H](OCc1ccc(OC)cc1)[C@@H](CCP(=O)(OC)OC)OS(=O)(=O)CCl. The Bertz CT molecular complexity index is 963. The summed E-state index contributed by atoms with van der Waals surface area (Å²) in [6, 6.07) is 7.41. The highest BCUT2D eigenvalue weighted by atomic mass is 35.5. The van der Waals surface area contributed by atoms with E-state index in [1.165, 1.54) is 72.0 Å². The monoisotopic (exact) mass is 638 g/mol. The summed E-state index contributed by atoms with van der Waals surface area (Å²) >= 11 is 5.64. The average molecular weight is 639 g/mol. The van der Waals surface area contributed by atoms with E-state index in [1.807, 2.05) is 36.4 Å². The molecule has 0 saturated carbocycles. The quantitative estimate of drug-likeness (QED) is 0.0327. The van der Waals surface area contributed by atoms with Gasteiger partial charge in [0.05, 0.1) is 19.9 Å². The number of methoxy groups -OCH3 is 1. The van der Waals surface area contributed by atoms with E-state index in [2.05, 4.69) is 6.92 Å². The average Bonchev–Trinajstić information content (AvgIpc) is 2.99. The zero-order chi connectivity index (χ0) is 30.4. The highest BCUT2D eigenvalue weighted by Gasteiger charge is 2.31. The zero-order valence-electron chi connectivity index (χ0n) is 25.4. The normalized spacial score (nSPS) is 14.0. The van der Waals surface area contributed by atoms with Gasteiger partial charge in [-0.05, 0) is 37.0 Å². The molecule has 0 amide bonds. The number of benzene rings is 1. The maximum absolute atomic E-state index is 12.7. The molecule has 0 unspecified atom stereocenters. The van der Waals surface area contributed by atoms with Crippen LogP contribution in [0.15, 0.2) is 36.4 Å². The van der Waals surface area contributed by atoms with Crippen LogP contribution in [0.4, 0.5) is 0 Å². The zero-order valence-corrected chi connectivity index (χ0v) is 27.9. The van der Waals surface area contributed by atoms with Gasteiger partial charge in [0.2, 0.25) is 0 Å². The molecule has 41 heavy (non-hydrogen) atoms. The van der Waals surface area contributed by atoms with Gasteiger partial charge in [-0.25, -0.2) is 0 Å². The first kappa shape index (κ1) is 38.1. The van der Waals surface area contributed by atoms with Crippen LogP contribution >= 0.6 is 19.2 Å². The summed E-state index contributed by atoms with van der Waals surface area (Å²) in [5, 5.41) is -0.705. The Labute approximate surface area is 254 Å². The van der Waals surface area contributed by atoms with Gasteiger partial charge >= 0.3 is 7.60 Å². The standard InChI is InChI=1S/C30H52ClO8PS/c1-5-6-7-8-9-10-11-12-13-14-15-16-17-18-29(38-25-27-19-21-28(35-2)22-20-27)30(39-41(33,34)26-31)23-24-40(32,36-3)37-4/h17-22,29-30H,5-16,23-26H2,1-4H3/b18-17+/t29-,30-/m1/s1. The number of rotatable bonds is 26. The highest BCUT2D eigenvalue weighted by Crippen LogP contribution is 2.47. The molecule has 8 nitrogen and oxygen atoms in total. The molecule has 0 aliphatic carbocycles. The molecule has 0 aliphatic rings.